The van der Waals surface area contributed by atoms with Gasteiger partial charge < -0.3 is 5.32 Å². The standard InChI is InChI=1S/C16H17N3/c1-12-6-5-7-13(10-12)17-11-15-14-8-3-4-9-16(14)19(2)18-15/h3-10,17H,11H2,1-2H3. The molecule has 3 rings (SSSR count). The van der Waals surface area contributed by atoms with Gasteiger partial charge in [0, 0.05) is 18.1 Å². The van der Waals surface area contributed by atoms with Crippen molar-refractivity contribution in [2.45, 2.75) is 13.5 Å². The molecule has 0 aliphatic carbocycles. The van der Waals surface area contributed by atoms with E-state index in [2.05, 4.69) is 59.8 Å². The second kappa shape index (κ2) is 4.76. The first-order valence-electron chi connectivity index (χ1n) is 6.45. The minimum atomic E-state index is 0.741. The summed E-state index contributed by atoms with van der Waals surface area (Å²) in [6.45, 7) is 2.84. The van der Waals surface area contributed by atoms with Gasteiger partial charge in [-0.05, 0) is 30.7 Å². The van der Waals surface area contributed by atoms with E-state index in [9.17, 15) is 0 Å². The first kappa shape index (κ1) is 11.8. The van der Waals surface area contributed by atoms with Crippen LogP contribution in [0.15, 0.2) is 48.5 Å². The van der Waals surface area contributed by atoms with Crippen molar-refractivity contribution in [3.05, 3.63) is 59.8 Å². The summed E-state index contributed by atoms with van der Waals surface area (Å²) in [6, 6.07) is 16.7. The number of nitrogens with one attached hydrogen (secondary N) is 1. The SMILES string of the molecule is Cc1cccc(NCc2nn(C)c3ccccc23)c1. The van der Waals surface area contributed by atoms with Gasteiger partial charge in [-0.25, -0.2) is 0 Å². The molecule has 0 saturated carbocycles. The molecule has 0 aliphatic heterocycles. The van der Waals surface area contributed by atoms with E-state index in [1.54, 1.807) is 0 Å². The van der Waals surface area contributed by atoms with Crippen LogP contribution in [0.25, 0.3) is 10.9 Å². The topological polar surface area (TPSA) is 29.9 Å². The summed E-state index contributed by atoms with van der Waals surface area (Å²) in [4.78, 5) is 0. The van der Waals surface area contributed by atoms with E-state index in [0.29, 0.717) is 0 Å². The third-order valence-electron chi connectivity index (χ3n) is 3.31. The Kier molecular flexibility index (Phi) is 2.95. The Labute approximate surface area is 112 Å². The molecule has 1 heterocycles. The van der Waals surface area contributed by atoms with Gasteiger partial charge in [-0.2, -0.15) is 5.10 Å². The Bertz CT molecular complexity index is 713. The summed E-state index contributed by atoms with van der Waals surface area (Å²) >= 11 is 0. The van der Waals surface area contributed by atoms with Crippen LogP contribution < -0.4 is 5.32 Å². The van der Waals surface area contributed by atoms with Crippen molar-refractivity contribution < 1.29 is 0 Å². The molecular weight excluding hydrogens is 234 g/mol. The third-order valence-corrected chi connectivity index (χ3v) is 3.31. The number of hydrogen-bond acceptors (Lipinski definition) is 2. The number of rotatable bonds is 3. The summed E-state index contributed by atoms with van der Waals surface area (Å²) in [6.07, 6.45) is 0. The van der Waals surface area contributed by atoms with Crippen molar-refractivity contribution in [2.24, 2.45) is 7.05 Å². The molecule has 3 heteroatoms. The third kappa shape index (κ3) is 2.32. The maximum Gasteiger partial charge on any atom is 0.0894 e. The van der Waals surface area contributed by atoms with Crippen molar-refractivity contribution in [1.82, 2.24) is 9.78 Å². The van der Waals surface area contributed by atoms with Gasteiger partial charge in [-0.15, -0.1) is 0 Å². The first-order chi connectivity index (χ1) is 9.24. The number of fused-ring (bicyclic) bond motifs is 1. The van der Waals surface area contributed by atoms with Crippen LogP contribution in [0.2, 0.25) is 0 Å². The smallest absolute Gasteiger partial charge is 0.0894 e. The number of nitrogens with zero attached hydrogens (tertiary/aromatic N) is 2. The van der Waals surface area contributed by atoms with E-state index in [1.807, 2.05) is 17.8 Å². The fraction of sp³-hybridized carbons (Fsp3) is 0.188. The fourth-order valence-corrected chi connectivity index (χ4v) is 2.36. The van der Waals surface area contributed by atoms with Gasteiger partial charge in [-0.3, -0.25) is 4.68 Å². The van der Waals surface area contributed by atoms with E-state index < -0.39 is 0 Å². The van der Waals surface area contributed by atoms with Crippen LogP contribution in [-0.4, -0.2) is 9.78 Å². The summed E-state index contributed by atoms with van der Waals surface area (Å²) in [5, 5.41) is 9.23. The normalized spacial score (nSPS) is 10.8. The second-order valence-electron chi connectivity index (χ2n) is 4.81. The molecular formula is C16H17N3. The molecule has 96 valence electrons. The summed E-state index contributed by atoms with van der Waals surface area (Å²) < 4.78 is 1.93. The maximum atomic E-state index is 4.58. The Morgan fingerprint density at radius 2 is 1.95 bits per heavy atom. The molecule has 1 N–H and O–H groups in total. The largest absolute Gasteiger partial charge is 0.379 e. The lowest BCUT2D eigenvalue weighted by molar-refractivity contribution is 0.771. The predicted molar refractivity (Wildman–Crippen MR) is 79.2 cm³/mol. The molecule has 2 aromatic carbocycles. The molecule has 0 atom stereocenters. The number of hydrogen-bond donors (Lipinski definition) is 1. The van der Waals surface area contributed by atoms with Gasteiger partial charge in [0.1, 0.15) is 0 Å². The van der Waals surface area contributed by atoms with Crippen molar-refractivity contribution in [2.75, 3.05) is 5.32 Å². The lowest BCUT2D eigenvalue weighted by Crippen LogP contribution is -2.01. The number of benzene rings is 2. The Hall–Kier alpha value is -2.29. The van der Waals surface area contributed by atoms with Crippen molar-refractivity contribution in [1.29, 1.82) is 0 Å². The fourth-order valence-electron chi connectivity index (χ4n) is 2.36. The molecule has 0 unspecified atom stereocenters. The van der Waals surface area contributed by atoms with Crippen molar-refractivity contribution in [3.8, 4) is 0 Å². The molecule has 0 spiro atoms. The highest BCUT2D eigenvalue weighted by atomic mass is 15.3. The highest BCUT2D eigenvalue weighted by molar-refractivity contribution is 5.82. The van der Waals surface area contributed by atoms with Crippen LogP contribution in [0.1, 0.15) is 11.3 Å². The number of aromatic nitrogens is 2. The van der Waals surface area contributed by atoms with E-state index in [0.717, 1.165) is 17.9 Å². The van der Waals surface area contributed by atoms with Gasteiger partial charge in [0.25, 0.3) is 0 Å². The zero-order chi connectivity index (χ0) is 13.2. The van der Waals surface area contributed by atoms with Gasteiger partial charge in [-0.1, -0.05) is 30.3 Å². The molecule has 19 heavy (non-hydrogen) atoms. The number of anilines is 1. The molecule has 0 aliphatic rings. The van der Waals surface area contributed by atoms with E-state index in [1.165, 1.54) is 16.5 Å². The maximum absolute atomic E-state index is 4.58. The predicted octanol–water partition coefficient (Wildman–Crippen LogP) is 3.49. The van der Waals surface area contributed by atoms with Crippen LogP contribution in [0.3, 0.4) is 0 Å². The zero-order valence-electron chi connectivity index (χ0n) is 11.2. The van der Waals surface area contributed by atoms with Crippen LogP contribution in [-0.2, 0) is 13.6 Å². The molecule has 0 amide bonds. The van der Waals surface area contributed by atoms with Crippen LogP contribution in [0.5, 0.6) is 0 Å². The molecule has 0 radical (unpaired) electrons. The Morgan fingerprint density at radius 3 is 2.79 bits per heavy atom. The van der Waals surface area contributed by atoms with E-state index >= 15 is 0 Å². The first-order valence-corrected chi connectivity index (χ1v) is 6.45. The highest BCUT2D eigenvalue weighted by Crippen LogP contribution is 2.19. The minimum absolute atomic E-state index is 0.741. The van der Waals surface area contributed by atoms with E-state index in [-0.39, 0.29) is 0 Å². The Morgan fingerprint density at radius 1 is 1.11 bits per heavy atom. The highest BCUT2D eigenvalue weighted by Gasteiger charge is 2.07. The number of aryl methyl sites for hydroxylation is 2. The van der Waals surface area contributed by atoms with Crippen molar-refractivity contribution in [3.63, 3.8) is 0 Å². The lowest BCUT2D eigenvalue weighted by atomic mass is 10.2. The average Bonchev–Trinajstić information content (AvgIpc) is 2.74. The van der Waals surface area contributed by atoms with Gasteiger partial charge in [0.2, 0.25) is 0 Å². The van der Waals surface area contributed by atoms with E-state index in [4.69, 9.17) is 0 Å². The second-order valence-corrected chi connectivity index (χ2v) is 4.81. The molecule has 0 fully saturated rings. The number of para-hydroxylation sites is 1. The Balaban J connectivity index is 1.86. The quantitative estimate of drug-likeness (QED) is 0.772. The molecule has 3 nitrogen and oxygen atoms in total. The van der Waals surface area contributed by atoms with Crippen LogP contribution >= 0.6 is 0 Å². The van der Waals surface area contributed by atoms with Crippen LogP contribution in [0.4, 0.5) is 5.69 Å². The lowest BCUT2D eigenvalue weighted by Gasteiger charge is -2.05. The van der Waals surface area contributed by atoms with Gasteiger partial charge in [0.05, 0.1) is 17.8 Å². The van der Waals surface area contributed by atoms with Crippen LogP contribution in [0, 0.1) is 6.92 Å². The molecule has 1 aromatic heterocycles. The van der Waals surface area contributed by atoms with Gasteiger partial charge in [0.15, 0.2) is 0 Å². The monoisotopic (exact) mass is 251 g/mol. The molecule has 3 aromatic rings. The van der Waals surface area contributed by atoms with Gasteiger partial charge >= 0.3 is 0 Å². The van der Waals surface area contributed by atoms with Crippen molar-refractivity contribution >= 4 is 16.6 Å². The minimum Gasteiger partial charge on any atom is -0.379 e. The summed E-state index contributed by atoms with van der Waals surface area (Å²) in [5.41, 5.74) is 4.65. The average molecular weight is 251 g/mol. The molecule has 0 bridgehead atoms. The summed E-state index contributed by atoms with van der Waals surface area (Å²) in [7, 11) is 1.98. The summed E-state index contributed by atoms with van der Waals surface area (Å²) in [5.74, 6) is 0. The zero-order valence-corrected chi connectivity index (χ0v) is 11.2. The molecule has 0 saturated heterocycles.